The van der Waals surface area contributed by atoms with Gasteiger partial charge in [0.15, 0.2) is 5.12 Å². The Hall–Kier alpha value is -1.29. The van der Waals surface area contributed by atoms with Gasteiger partial charge < -0.3 is 9.31 Å². The van der Waals surface area contributed by atoms with Crippen LogP contribution >= 0.6 is 11.8 Å². The van der Waals surface area contributed by atoms with Gasteiger partial charge in [-0.25, -0.2) is 0 Å². The number of nitrogens with zero attached hydrogens (tertiary/aromatic N) is 1. The lowest BCUT2D eigenvalue weighted by Crippen LogP contribution is -2.41. The average Bonchev–Trinajstić information content (AvgIpc) is 2.64. The minimum absolute atomic E-state index is 0.0680. The normalized spacial score (nSPS) is 18.7. The van der Waals surface area contributed by atoms with Crippen molar-refractivity contribution in [2.24, 2.45) is 0 Å². The standard InChI is InChI=1S/C16H20BNO3S/c1-12(19)22-8-6-7-13-9-14(11-18-10-13)17-20-15(2,3)16(4,5)21-17/h9-11H,8H2,1-5H3. The number of pyridine rings is 1. The Balaban J connectivity index is 2.11. The van der Waals surface area contributed by atoms with E-state index in [1.165, 1.54) is 18.7 Å². The largest absolute Gasteiger partial charge is 0.496 e. The molecule has 1 aliphatic rings. The SMILES string of the molecule is CC(=O)SCC#Cc1cncc(B2OC(C)(C)C(C)(C)O2)c1. The second kappa shape index (κ2) is 6.45. The molecule has 22 heavy (non-hydrogen) atoms. The van der Waals surface area contributed by atoms with Crippen LogP contribution in [-0.2, 0) is 14.1 Å². The highest BCUT2D eigenvalue weighted by Gasteiger charge is 2.51. The van der Waals surface area contributed by atoms with Crippen molar-refractivity contribution < 1.29 is 14.1 Å². The lowest BCUT2D eigenvalue weighted by Gasteiger charge is -2.32. The molecule has 0 spiro atoms. The van der Waals surface area contributed by atoms with Crippen LogP contribution in [0.15, 0.2) is 18.5 Å². The molecule has 0 amide bonds. The van der Waals surface area contributed by atoms with Gasteiger partial charge in [0.2, 0.25) is 0 Å². The highest BCUT2D eigenvalue weighted by Crippen LogP contribution is 2.36. The Kier molecular flexibility index (Phi) is 5.01. The molecule has 4 nitrogen and oxygen atoms in total. The highest BCUT2D eigenvalue weighted by molar-refractivity contribution is 8.13. The fourth-order valence-corrected chi connectivity index (χ4v) is 2.26. The van der Waals surface area contributed by atoms with Gasteiger partial charge in [0, 0.05) is 30.3 Å². The van der Waals surface area contributed by atoms with Crippen molar-refractivity contribution in [3.8, 4) is 11.8 Å². The Morgan fingerprint density at radius 2 is 1.91 bits per heavy atom. The monoisotopic (exact) mass is 317 g/mol. The Morgan fingerprint density at radius 1 is 1.27 bits per heavy atom. The van der Waals surface area contributed by atoms with Gasteiger partial charge in [0.25, 0.3) is 0 Å². The van der Waals surface area contributed by atoms with Crippen LogP contribution in [0.3, 0.4) is 0 Å². The van der Waals surface area contributed by atoms with Crippen molar-refractivity contribution in [1.82, 2.24) is 4.98 Å². The van der Waals surface area contributed by atoms with Crippen LogP contribution in [-0.4, -0.2) is 34.2 Å². The molecule has 6 heteroatoms. The van der Waals surface area contributed by atoms with Crippen LogP contribution < -0.4 is 5.46 Å². The average molecular weight is 317 g/mol. The smallest absolute Gasteiger partial charge is 0.399 e. The predicted octanol–water partition coefficient (Wildman–Crippen LogP) is 2.01. The zero-order chi connectivity index (χ0) is 16.4. The summed E-state index contributed by atoms with van der Waals surface area (Å²) in [4.78, 5) is 15.1. The van der Waals surface area contributed by atoms with Gasteiger partial charge in [0.1, 0.15) is 0 Å². The molecule has 0 radical (unpaired) electrons. The first kappa shape index (κ1) is 17.1. The summed E-state index contributed by atoms with van der Waals surface area (Å²) < 4.78 is 12.0. The molecule has 0 bridgehead atoms. The summed E-state index contributed by atoms with van der Waals surface area (Å²) >= 11 is 1.20. The first-order chi connectivity index (χ1) is 10.2. The van der Waals surface area contributed by atoms with E-state index in [4.69, 9.17) is 9.31 Å². The molecule has 0 atom stereocenters. The lowest BCUT2D eigenvalue weighted by atomic mass is 9.80. The quantitative estimate of drug-likeness (QED) is 0.617. The minimum Gasteiger partial charge on any atom is -0.399 e. The Bertz CT molecular complexity index is 618. The maximum atomic E-state index is 10.9. The van der Waals surface area contributed by atoms with Crippen molar-refractivity contribution in [3.05, 3.63) is 24.0 Å². The number of hydrogen-bond donors (Lipinski definition) is 0. The van der Waals surface area contributed by atoms with Gasteiger partial charge in [-0.2, -0.15) is 0 Å². The topological polar surface area (TPSA) is 48.4 Å². The van der Waals surface area contributed by atoms with E-state index < -0.39 is 7.12 Å². The van der Waals surface area contributed by atoms with Crippen molar-refractivity contribution in [2.45, 2.75) is 45.8 Å². The van der Waals surface area contributed by atoms with Crippen LogP contribution in [0, 0.1) is 11.8 Å². The van der Waals surface area contributed by atoms with Crippen LogP contribution in [0.2, 0.25) is 0 Å². The fraction of sp³-hybridized carbons (Fsp3) is 0.500. The molecule has 1 saturated heterocycles. The Labute approximate surface area is 136 Å². The second-order valence-electron chi connectivity index (χ2n) is 6.18. The number of hydrogen-bond acceptors (Lipinski definition) is 5. The number of carbonyl (C=O) groups is 1. The molecule has 1 aliphatic heterocycles. The zero-order valence-corrected chi connectivity index (χ0v) is 14.4. The van der Waals surface area contributed by atoms with E-state index in [0.29, 0.717) is 5.75 Å². The van der Waals surface area contributed by atoms with E-state index in [9.17, 15) is 4.79 Å². The summed E-state index contributed by atoms with van der Waals surface area (Å²) in [5.74, 6) is 6.44. The minimum atomic E-state index is -0.439. The van der Waals surface area contributed by atoms with Crippen molar-refractivity contribution in [2.75, 3.05) is 5.75 Å². The summed E-state index contributed by atoms with van der Waals surface area (Å²) in [5.41, 5.74) is 0.885. The van der Waals surface area contributed by atoms with Crippen LogP contribution in [0.25, 0.3) is 0 Å². The maximum Gasteiger partial charge on any atom is 0.496 e. The van der Waals surface area contributed by atoms with E-state index in [1.54, 1.807) is 12.4 Å². The molecule has 1 aromatic heterocycles. The van der Waals surface area contributed by atoms with Gasteiger partial charge in [-0.1, -0.05) is 23.6 Å². The molecule has 0 aromatic carbocycles. The van der Waals surface area contributed by atoms with Gasteiger partial charge >= 0.3 is 7.12 Å². The van der Waals surface area contributed by atoms with Gasteiger partial charge in [-0.3, -0.25) is 9.78 Å². The summed E-state index contributed by atoms with van der Waals surface area (Å²) in [5, 5.41) is 0.0680. The predicted molar refractivity (Wildman–Crippen MR) is 90.0 cm³/mol. The first-order valence-corrected chi connectivity index (χ1v) is 8.13. The summed E-state index contributed by atoms with van der Waals surface area (Å²) in [6.07, 6.45) is 3.43. The molecular formula is C16H20BNO3S. The third-order valence-electron chi connectivity index (χ3n) is 3.87. The number of carbonyl (C=O) groups excluding carboxylic acids is 1. The molecular weight excluding hydrogens is 297 g/mol. The van der Waals surface area contributed by atoms with Gasteiger partial charge in [0.05, 0.1) is 17.0 Å². The number of thioether (sulfide) groups is 1. The fourth-order valence-electron chi connectivity index (χ4n) is 1.91. The Morgan fingerprint density at radius 3 is 2.50 bits per heavy atom. The third-order valence-corrected chi connectivity index (χ3v) is 4.56. The van der Waals surface area contributed by atoms with Crippen molar-refractivity contribution >= 4 is 29.5 Å². The molecule has 116 valence electrons. The number of rotatable bonds is 2. The molecule has 0 unspecified atom stereocenters. The molecule has 1 fully saturated rings. The van der Waals surface area contributed by atoms with E-state index in [0.717, 1.165) is 11.0 Å². The van der Waals surface area contributed by atoms with E-state index in [2.05, 4.69) is 16.8 Å². The number of aromatic nitrogens is 1. The molecule has 2 heterocycles. The van der Waals surface area contributed by atoms with Gasteiger partial charge in [-0.15, -0.1) is 0 Å². The van der Waals surface area contributed by atoms with Crippen LogP contribution in [0.5, 0.6) is 0 Å². The third kappa shape index (κ3) is 3.92. The molecule has 0 aliphatic carbocycles. The zero-order valence-electron chi connectivity index (χ0n) is 13.6. The molecule has 1 aromatic rings. The van der Waals surface area contributed by atoms with Crippen molar-refractivity contribution in [3.63, 3.8) is 0 Å². The van der Waals surface area contributed by atoms with Crippen molar-refractivity contribution in [1.29, 1.82) is 0 Å². The van der Waals surface area contributed by atoms with E-state index >= 15 is 0 Å². The maximum absolute atomic E-state index is 10.9. The van der Waals surface area contributed by atoms with Crippen LogP contribution in [0.1, 0.15) is 40.2 Å². The summed E-state index contributed by atoms with van der Waals surface area (Å²) in [6, 6.07) is 1.92. The lowest BCUT2D eigenvalue weighted by molar-refractivity contribution is -0.109. The molecule has 2 rings (SSSR count). The molecule has 0 N–H and O–H groups in total. The highest BCUT2D eigenvalue weighted by atomic mass is 32.2. The summed E-state index contributed by atoms with van der Waals surface area (Å²) in [6.45, 7) is 9.60. The van der Waals surface area contributed by atoms with Crippen LogP contribution in [0.4, 0.5) is 0 Å². The second-order valence-corrected chi connectivity index (χ2v) is 7.33. The van der Waals surface area contributed by atoms with E-state index in [-0.39, 0.29) is 16.3 Å². The summed E-state index contributed by atoms with van der Waals surface area (Å²) in [7, 11) is -0.439. The van der Waals surface area contributed by atoms with Gasteiger partial charge in [-0.05, 0) is 33.8 Å². The van der Waals surface area contributed by atoms with E-state index in [1.807, 2.05) is 33.8 Å². The molecule has 0 saturated carbocycles. The first-order valence-electron chi connectivity index (χ1n) is 7.14.